The number of halogens is 1. The van der Waals surface area contributed by atoms with Crippen molar-refractivity contribution in [3.63, 3.8) is 0 Å². The lowest BCUT2D eigenvalue weighted by Gasteiger charge is -2.01. The van der Waals surface area contributed by atoms with E-state index in [0.717, 1.165) is 15.6 Å². The number of thiophene rings is 1. The first-order valence-corrected chi connectivity index (χ1v) is 5.91. The number of fused-ring (bicyclic) bond motifs is 1. The van der Waals surface area contributed by atoms with E-state index in [2.05, 4.69) is 0 Å². The zero-order chi connectivity index (χ0) is 11.4. The standard InChI is InChI=1S/C10H9FOS.C2H6/c1-6(12)9-5-13-10-3-2-7(11)4-8(9)10;1-2/h2-6,12H,1H3;1-2H3. The molecule has 0 amide bonds. The van der Waals surface area contributed by atoms with Crippen LogP contribution in [0, 0.1) is 5.82 Å². The molecule has 0 radical (unpaired) electrons. The molecule has 0 aliphatic rings. The van der Waals surface area contributed by atoms with E-state index in [1.807, 2.05) is 19.2 Å². The minimum absolute atomic E-state index is 0.257. The number of hydrogen-bond donors (Lipinski definition) is 1. The van der Waals surface area contributed by atoms with Crippen molar-refractivity contribution in [2.75, 3.05) is 0 Å². The summed E-state index contributed by atoms with van der Waals surface area (Å²) in [6.45, 7) is 5.69. The lowest BCUT2D eigenvalue weighted by molar-refractivity contribution is 0.201. The Morgan fingerprint density at radius 1 is 1.33 bits per heavy atom. The van der Waals surface area contributed by atoms with Crippen LogP contribution in [0.3, 0.4) is 0 Å². The zero-order valence-corrected chi connectivity index (χ0v) is 9.94. The Balaban J connectivity index is 0.000000531. The third kappa shape index (κ3) is 2.55. The van der Waals surface area contributed by atoms with Crippen LogP contribution in [0.5, 0.6) is 0 Å². The van der Waals surface area contributed by atoms with Gasteiger partial charge in [0.2, 0.25) is 0 Å². The molecular weight excluding hydrogens is 211 g/mol. The van der Waals surface area contributed by atoms with E-state index in [1.54, 1.807) is 13.0 Å². The second-order valence-corrected chi connectivity index (χ2v) is 3.92. The smallest absolute Gasteiger partial charge is 0.123 e. The zero-order valence-electron chi connectivity index (χ0n) is 9.12. The first-order valence-electron chi connectivity index (χ1n) is 5.03. The van der Waals surface area contributed by atoms with Crippen molar-refractivity contribution in [2.24, 2.45) is 0 Å². The second kappa shape index (κ2) is 5.24. The van der Waals surface area contributed by atoms with Gasteiger partial charge >= 0.3 is 0 Å². The minimum Gasteiger partial charge on any atom is -0.389 e. The minimum atomic E-state index is -0.532. The Morgan fingerprint density at radius 2 is 2.00 bits per heavy atom. The van der Waals surface area contributed by atoms with Gasteiger partial charge in [0.05, 0.1) is 6.10 Å². The van der Waals surface area contributed by atoms with E-state index in [-0.39, 0.29) is 5.82 Å². The lowest BCUT2D eigenvalue weighted by Crippen LogP contribution is -1.88. The highest BCUT2D eigenvalue weighted by molar-refractivity contribution is 7.17. The van der Waals surface area contributed by atoms with Crippen LogP contribution in [0.25, 0.3) is 10.1 Å². The van der Waals surface area contributed by atoms with Crippen molar-refractivity contribution in [2.45, 2.75) is 26.9 Å². The van der Waals surface area contributed by atoms with E-state index >= 15 is 0 Å². The largest absolute Gasteiger partial charge is 0.389 e. The fourth-order valence-corrected chi connectivity index (χ4v) is 2.37. The summed E-state index contributed by atoms with van der Waals surface area (Å²) in [4.78, 5) is 0. The van der Waals surface area contributed by atoms with Crippen LogP contribution in [0.2, 0.25) is 0 Å². The summed E-state index contributed by atoms with van der Waals surface area (Å²) in [6.07, 6.45) is -0.532. The quantitative estimate of drug-likeness (QED) is 0.775. The summed E-state index contributed by atoms with van der Waals surface area (Å²) >= 11 is 1.52. The van der Waals surface area contributed by atoms with Gasteiger partial charge in [-0.3, -0.25) is 0 Å². The van der Waals surface area contributed by atoms with Gasteiger partial charge in [0, 0.05) is 10.1 Å². The van der Waals surface area contributed by atoms with Gasteiger partial charge in [-0.25, -0.2) is 4.39 Å². The average molecular weight is 226 g/mol. The summed E-state index contributed by atoms with van der Waals surface area (Å²) in [5, 5.41) is 12.1. The summed E-state index contributed by atoms with van der Waals surface area (Å²) in [5.74, 6) is -0.257. The maximum Gasteiger partial charge on any atom is 0.123 e. The fourth-order valence-electron chi connectivity index (χ4n) is 1.34. The van der Waals surface area contributed by atoms with Crippen molar-refractivity contribution in [3.8, 4) is 0 Å². The molecular formula is C12H15FOS. The molecule has 2 rings (SSSR count). The summed E-state index contributed by atoms with van der Waals surface area (Å²) in [5.41, 5.74) is 0.805. The summed E-state index contributed by atoms with van der Waals surface area (Å²) < 4.78 is 13.9. The molecule has 1 unspecified atom stereocenters. The van der Waals surface area contributed by atoms with Gasteiger partial charge in [0.25, 0.3) is 0 Å². The van der Waals surface area contributed by atoms with Crippen molar-refractivity contribution in [3.05, 3.63) is 35.0 Å². The van der Waals surface area contributed by atoms with Crippen LogP contribution in [-0.2, 0) is 0 Å². The third-order valence-corrected chi connectivity index (χ3v) is 3.00. The predicted octanol–water partition coefficient (Wildman–Crippen LogP) is 4.12. The second-order valence-electron chi connectivity index (χ2n) is 3.01. The highest BCUT2D eigenvalue weighted by Gasteiger charge is 2.08. The predicted molar refractivity (Wildman–Crippen MR) is 63.8 cm³/mol. The van der Waals surface area contributed by atoms with Gasteiger partial charge in [-0.05, 0) is 36.1 Å². The SMILES string of the molecule is CC.CC(O)c1csc2ccc(F)cc12. The maximum atomic E-state index is 12.9. The van der Waals surface area contributed by atoms with Gasteiger partial charge in [0.1, 0.15) is 5.82 Å². The molecule has 0 spiro atoms. The Hall–Kier alpha value is -0.930. The molecule has 0 bridgehead atoms. The van der Waals surface area contributed by atoms with Crippen LogP contribution in [0.15, 0.2) is 23.6 Å². The maximum absolute atomic E-state index is 12.9. The molecule has 1 aromatic carbocycles. The van der Waals surface area contributed by atoms with Crippen LogP contribution in [0.4, 0.5) is 4.39 Å². The monoisotopic (exact) mass is 226 g/mol. The lowest BCUT2D eigenvalue weighted by atomic mass is 10.1. The van der Waals surface area contributed by atoms with Gasteiger partial charge < -0.3 is 5.11 Å². The Labute approximate surface area is 93.2 Å². The van der Waals surface area contributed by atoms with Crippen LogP contribution in [-0.4, -0.2) is 5.11 Å². The molecule has 0 saturated heterocycles. The first kappa shape index (κ1) is 12.1. The number of aliphatic hydroxyl groups is 1. The number of aliphatic hydroxyl groups excluding tert-OH is 1. The molecule has 0 aliphatic heterocycles. The van der Waals surface area contributed by atoms with E-state index in [4.69, 9.17) is 0 Å². The van der Waals surface area contributed by atoms with Gasteiger partial charge in [-0.2, -0.15) is 0 Å². The molecule has 3 heteroatoms. The number of hydrogen-bond acceptors (Lipinski definition) is 2. The van der Waals surface area contributed by atoms with Gasteiger partial charge in [0.15, 0.2) is 0 Å². The normalized spacial score (nSPS) is 12.1. The van der Waals surface area contributed by atoms with E-state index < -0.39 is 6.10 Å². The van der Waals surface area contributed by atoms with Crippen LogP contribution >= 0.6 is 11.3 Å². The van der Waals surface area contributed by atoms with Crippen molar-refractivity contribution in [1.29, 1.82) is 0 Å². The third-order valence-electron chi connectivity index (χ3n) is 2.02. The van der Waals surface area contributed by atoms with Gasteiger partial charge in [-0.1, -0.05) is 13.8 Å². The van der Waals surface area contributed by atoms with Crippen LogP contribution < -0.4 is 0 Å². The van der Waals surface area contributed by atoms with Crippen molar-refractivity contribution >= 4 is 21.4 Å². The molecule has 1 N–H and O–H groups in total. The molecule has 15 heavy (non-hydrogen) atoms. The topological polar surface area (TPSA) is 20.2 Å². The highest BCUT2D eigenvalue weighted by atomic mass is 32.1. The first-order chi connectivity index (χ1) is 7.18. The molecule has 1 aromatic heterocycles. The molecule has 0 saturated carbocycles. The summed E-state index contributed by atoms with van der Waals surface area (Å²) in [7, 11) is 0. The highest BCUT2D eigenvalue weighted by Crippen LogP contribution is 2.30. The molecule has 2 aromatic rings. The van der Waals surface area contributed by atoms with Crippen molar-refractivity contribution < 1.29 is 9.50 Å². The fraction of sp³-hybridized carbons (Fsp3) is 0.333. The van der Waals surface area contributed by atoms with Crippen LogP contribution in [0.1, 0.15) is 32.4 Å². The number of rotatable bonds is 1. The molecule has 82 valence electrons. The van der Waals surface area contributed by atoms with E-state index in [1.165, 1.54) is 23.5 Å². The molecule has 0 fully saturated rings. The van der Waals surface area contributed by atoms with Crippen molar-refractivity contribution in [1.82, 2.24) is 0 Å². The Morgan fingerprint density at radius 3 is 2.60 bits per heavy atom. The average Bonchev–Trinajstić information content (AvgIpc) is 2.63. The Kier molecular flexibility index (Phi) is 4.24. The van der Waals surface area contributed by atoms with E-state index in [0.29, 0.717) is 0 Å². The Bertz CT molecular complexity index is 434. The molecule has 0 aliphatic carbocycles. The summed E-state index contributed by atoms with van der Waals surface area (Å²) in [6, 6.07) is 4.64. The van der Waals surface area contributed by atoms with E-state index in [9.17, 15) is 9.50 Å². The molecule has 1 atom stereocenters. The molecule has 1 nitrogen and oxygen atoms in total. The van der Waals surface area contributed by atoms with Gasteiger partial charge in [-0.15, -0.1) is 11.3 Å². The number of benzene rings is 1. The molecule has 1 heterocycles.